The molecule has 0 aliphatic heterocycles. The van der Waals surface area contributed by atoms with Crippen molar-refractivity contribution in [2.24, 2.45) is 11.8 Å². The molecule has 1 aromatic carbocycles. The fourth-order valence-electron chi connectivity index (χ4n) is 2.72. The van der Waals surface area contributed by atoms with E-state index in [-0.39, 0.29) is 11.9 Å². The van der Waals surface area contributed by atoms with E-state index in [1.54, 1.807) is 12.1 Å². The Hall–Kier alpha value is -0.930. The van der Waals surface area contributed by atoms with Crippen LogP contribution in [-0.4, -0.2) is 31.6 Å². The minimum absolute atomic E-state index is 0.0743. The topological polar surface area (TPSA) is 15.3 Å². The lowest BCUT2D eigenvalue weighted by Gasteiger charge is -2.25. The maximum Gasteiger partial charge on any atom is 0.128 e. The number of hydrogen-bond donors (Lipinski definition) is 1. The third kappa shape index (κ3) is 4.02. The molecule has 2 rings (SSSR count). The molecule has 1 aromatic rings. The lowest BCUT2D eigenvalue weighted by Crippen LogP contribution is -2.34. The second kappa shape index (κ2) is 6.49. The van der Waals surface area contributed by atoms with E-state index >= 15 is 0 Å². The molecule has 0 amide bonds. The Morgan fingerprint density at radius 2 is 2.11 bits per heavy atom. The fraction of sp³-hybridized carbons (Fsp3) is 0.625. The van der Waals surface area contributed by atoms with Crippen LogP contribution in [0, 0.1) is 17.7 Å². The quantitative estimate of drug-likeness (QED) is 0.814. The van der Waals surface area contributed by atoms with Crippen LogP contribution >= 0.6 is 0 Å². The van der Waals surface area contributed by atoms with Crippen molar-refractivity contribution in [3.8, 4) is 0 Å². The summed E-state index contributed by atoms with van der Waals surface area (Å²) in [5.74, 6) is 1.60. The van der Waals surface area contributed by atoms with Gasteiger partial charge in [-0.05, 0) is 37.9 Å². The standard InChI is InChI=1S/C16H25FN2/c1-4-18-16(14-7-5-6-8-15(14)17)11-19(3)10-13-9-12(13)2/h5-8,12-13,16,18H,4,9-11H2,1-3H3. The predicted molar refractivity (Wildman–Crippen MR) is 77.6 cm³/mol. The summed E-state index contributed by atoms with van der Waals surface area (Å²) in [6.45, 7) is 7.20. The molecule has 1 aliphatic carbocycles. The van der Waals surface area contributed by atoms with Crippen molar-refractivity contribution < 1.29 is 4.39 Å². The van der Waals surface area contributed by atoms with Crippen LogP contribution in [0.5, 0.6) is 0 Å². The van der Waals surface area contributed by atoms with Crippen molar-refractivity contribution in [1.29, 1.82) is 0 Å². The van der Waals surface area contributed by atoms with Crippen LogP contribution in [0.15, 0.2) is 24.3 Å². The monoisotopic (exact) mass is 264 g/mol. The molecular formula is C16H25FN2. The van der Waals surface area contributed by atoms with Crippen LogP contribution in [0.2, 0.25) is 0 Å². The van der Waals surface area contributed by atoms with Gasteiger partial charge >= 0.3 is 0 Å². The SMILES string of the molecule is CCNC(CN(C)CC1CC1C)c1ccccc1F. The summed E-state index contributed by atoms with van der Waals surface area (Å²) < 4.78 is 13.9. The summed E-state index contributed by atoms with van der Waals surface area (Å²) >= 11 is 0. The molecule has 3 atom stereocenters. The smallest absolute Gasteiger partial charge is 0.128 e. The zero-order valence-electron chi connectivity index (χ0n) is 12.2. The normalized spacial score (nSPS) is 23.6. The van der Waals surface area contributed by atoms with Gasteiger partial charge in [-0.3, -0.25) is 0 Å². The first-order valence-electron chi connectivity index (χ1n) is 7.28. The lowest BCUT2D eigenvalue weighted by atomic mass is 10.1. The first-order chi connectivity index (χ1) is 9.11. The summed E-state index contributed by atoms with van der Waals surface area (Å²) in [7, 11) is 2.14. The zero-order valence-corrected chi connectivity index (χ0v) is 12.2. The summed E-state index contributed by atoms with van der Waals surface area (Å²) in [5, 5.41) is 3.39. The number of hydrogen-bond acceptors (Lipinski definition) is 2. The van der Waals surface area contributed by atoms with E-state index in [2.05, 4.69) is 31.1 Å². The molecule has 19 heavy (non-hydrogen) atoms. The molecule has 0 radical (unpaired) electrons. The Morgan fingerprint density at radius 3 is 2.68 bits per heavy atom. The van der Waals surface area contributed by atoms with Gasteiger partial charge in [0.15, 0.2) is 0 Å². The number of rotatable bonds is 7. The van der Waals surface area contributed by atoms with Gasteiger partial charge in [-0.1, -0.05) is 32.0 Å². The predicted octanol–water partition coefficient (Wildman–Crippen LogP) is 3.06. The van der Waals surface area contributed by atoms with Crippen LogP contribution in [-0.2, 0) is 0 Å². The van der Waals surface area contributed by atoms with Crippen LogP contribution in [0.25, 0.3) is 0 Å². The van der Waals surface area contributed by atoms with Crippen molar-refractivity contribution in [2.45, 2.75) is 26.3 Å². The second-order valence-corrected chi connectivity index (χ2v) is 5.83. The highest BCUT2D eigenvalue weighted by molar-refractivity contribution is 5.21. The number of benzene rings is 1. The Kier molecular flexibility index (Phi) is 4.94. The highest BCUT2D eigenvalue weighted by atomic mass is 19.1. The van der Waals surface area contributed by atoms with Gasteiger partial charge in [0, 0.05) is 24.7 Å². The van der Waals surface area contributed by atoms with Crippen molar-refractivity contribution in [2.75, 3.05) is 26.7 Å². The highest BCUT2D eigenvalue weighted by Crippen LogP contribution is 2.38. The van der Waals surface area contributed by atoms with E-state index < -0.39 is 0 Å². The first kappa shape index (κ1) is 14.5. The minimum Gasteiger partial charge on any atom is -0.309 e. The molecule has 0 aromatic heterocycles. The summed E-state index contributed by atoms with van der Waals surface area (Å²) in [6.07, 6.45) is 1.34. The van der Waals surface area contributed by atoms with Gasteiger partial charge in [0.05, 0.1) is 0 Å². The maximum absolute atomic E-state index is 13.9. The van der Waals surface area contributed by atoms with Gasteiger partial charge in [-0.15, -0.1) is 0 Å². The van der Waals surface area contributed by atoms with E-state index in [0.717, 1.165) is 37.0 Å². The molecule has 0 bridgehead atoms. The molecule has 1 aliphatic rings. The molecule has 2 nitrogen and oxygen atoms in total. The second-order valence-electron chi connectivity index (χ2n) is 5.83. The van der Waals surface area contributed by atoms with Gasteiger partial charge in [0.2, 0.25) is 0 Å². The number of halogens is 1. The van der Waals surface area contributed by atoms with Crippen molar-refractivity contribution in [3.05, 3.63) is 35.6 Å². The van der Waals surface area contributed by atoms with E-state index in [0.29, 0.717) is 0 Å². The Morgan fingerprint density at radius 1 is 1.42 bits per heavy atom. The van der Waals surface area contributed by atoms with Crippen LogP contribution in [0.1, 0.15) is 31.9 Å². The largest absolute Gasteiger partial charge is 0.309 e. The Balaban J connectivity index is 1.97. The van der Waals surface area contributed by atoms with Crippen molar-refractivity contribution in [1.82, 2.24) is 10.2 Å². The van der Waals surface area contributed by atoms with Crippen LogP contribution in [0.4, 0.5) is 4.39 Å². The third-order valence-electron chi connectivity index (χ3n) is 4.05. The first-order valence-corrected chi connectivity index (χ1v) is 7.28. The van der Waals surface area contributed by atoms with Gasteiger partial charge < -0.3 is 10.2 Å². The Labute approximate surface area is 116 Å². The fourth-order valence-corrected chi connectivity index (χ4v) is 2.72. The van der Waals surface area contributed by atoms with Crippen molar-refractivity contribution in [3.63, 3.8) is 0 Å². The van der Waals surface area contributed by atoms with Crippen LogP contribution < -0.4 is 5.32 Å². The average molecular weight is 264 g/mol. The highest BCUT2D eigenvalue weighted by Gasteiger charge is 2.33. The molecule has 3 heteroatoms. The maximum atomic E-state index is 13.9. The number of likely N-dealkylation sites (N-methyl/N-ethyl adjacent to an activating group) is 2. The summed E-state index contributed by atoms with van der Waals surface area (Å²) in [6, 6.07) is 7.16. The van der Waals surface area contributed by atoms with Crippen LogP contribution in [0.3, 0.4) is 0 Å². The zero-order chi connectivity index (χ0) is 13.8. The number of nitrogens with one attached hydrogen (secondary N) is 1. The van der Waals surface area contributed by atoms with Gasteiger partial charge in [-0.25, -0.2) is 4.39 Å². The molecule has 3 unspecified atom stereocenters. The molecule has 106 valence electrons. The summed E-state index contributed by atoms with van der Waals surface area (Å²) in [4.78, 5) is 2.33. The molecule has 1 fully saturated rings. The average Bonchev–Trinajstić information content (AvgIpc) is 3.05. The molecule has 1 saturated carbocycles. The number of nitrogens with zero attached hydrogens (tertiary/aromatic N) is 1. The molecular weight excluding hydrogens is 239 g/mol. The molecule has 1 N–H and O–H groups in total. The Bertz CT molecular complexity index is 407. The van der Waals surface area contributed by atoms with E-state index in [4.69, 9.17) is 0 Å². The van der Waals surface area contributed by atoms with Crippen molar-refractivity contribution >= 4 is 0 Å². The molecule has 0 heterocycles. The van der Waals surface area contributed by atoms with Gasteiger partial charge in [-0.2, -0.15) is 0 Å². The molecule has 0 saturated heterocycles. The van der Waals surface area contributed by atoms with Gasteiger partial charge in [0.1, 0.15) is 5.82 Å². The van der Waals surface area contributed by atoms with Gasteiger partial charge in [0.25, 0.3) is 0 Å². The minimum atomic E-state index is -0.110. The van der Waals surface area contributed by atoms with E-state index in [1.165, 1.54) is 6.42 Å². The lowest BCUT2D eigenvalue weighted by molar-refractivity contribution is 0.275. The van der Waals surface area contributed by atoms with E-state index in [1.807, 2.05) is 12.1 Å². The summed E-state index contributed by atoms with van der Waals surface area (Å²) in [5.41, 5.74) is 0.778. The third-order valence-corrected chi connectivity index (χ3v) is 4.05. The molecule has 0 spiro atoms. The van der Waals surface area contributed by atoms with E-state index in [9.17, 15) is 4.39 Å².